The Morgan fingerprint density at radius 1 is 0.909 bits per heavy atom. The third-order valence-electron chi connectivity index (χ3n) is 3.68. The van der Waals surface area contributed by atoms with Gasteiger partial charge in [0.2, 0.25) is 0 Å². The molecule has 2 aromatic carbocycles. The molecule has 3 heteroatoms. The molecule has 0 fully saturated rings. The van der Waals surface area contributed by atoms with E-state index in [1.807, 2.05) is 42.5 Å². The van der Waals surface area contributed by atoms with Crippen LogP contribution in [-0.4, -0.2) is 7.11 Å². The smallest absolute Gasteiger partial charge is 0.118 e. The Kier molecular flexibility index (Phi) is 4.56. The molecule has 0 atom stereocenters. The van der Waals surface area contributed by atoms with Gasteiger partial charge in [-0.15, -0.1) is 0 Å². The minimum absolute atomic E-state index is 0.605. The molecule has 0 aromatic heterocycles. The summed E-state index contributed by atoms with van der Waals surface area (Å²) in [6.45, 7) is 0. The van der Waals surface area contributed by atoms with Gasteiger partial charge in [0.1, 0.15) is 5.75 Å². The molecule has 2 aromatic rings. The van der Waals surface area contributed by atoms with E-state index in [1.54, 1.807) is 7.11 Å². The van der Waals surface area contributed by atoms with E-state index in [4.69, 9.17) is 27.9 Å². The minimum Gasteiger partial charge on any atom is -0.497 e. The van der Waals surface area contributed by atoms with Gasteiger partial charge in [-0.05, 0) is 47.2 Å². The van der Waals surface area contributed by atoms with Gasteiger partial charge in [-0.25, -0.2) is 0 Å². The third-order valence-corrected chi connectivity index (χ3v) is 4.53. The van der Waals surface area contributed by atoms with Crippen molar-refractivity contribution in [1.82, 2.24) is 0 Å². The van der Waals surface area contributed by atoms with E-state index >= 15 is 0 Å². The highest BCUT2D eigenvalue weighted by Gasteiger charge is 2.17. The maximum Gasteiger partial charge on any atom is 0.118 e. The molecule has 0 aliphatic heterocycles. The predicted octanol–water partition coefficient (Wildman–Crippen LogP) is 6.04. The third kappa shape index (κ3) is 2.92. The number of hydrogen-bond donors (Lipinski definition) is 0. The molecule has 0 heterocycles. The van der Waals surface area contributed by atoms with Crippen molar-refractivity contribution in [3.05, 3.63) is 76.7 Å². The fourth-order valence-electron chi connectivity index (χ4n) is 2.56. The van der Waals surface area contributed by atoms with Gasteiger partial charge in [0.05, 0.1) is 17.2 Å². The molecule has 0 saturated heterocycles. The van der Waals surface area contributed by atoms with Gasteiger partial charge in [0.15, 0.2) is 0 Å². The maximum atomic E-state index is 6.40. The van der Waals surface area contributed by atoms with E-state index < -0.39 is 0 Å². The van der Waals surface area contributed by atoms with Crippen LogP contribution in [0.2, 0.25) is 0 Å². The van der Waals surface area contributed by atoms with E-state index in [2.05, 4.69) is 18.6 Å². The van der Waals surface area contributed by atoms with Gasteiger partial charge in [0, 0.05) is 0 Å². The Labute approximate surface area is 140 Å². The number of methoxy groups -OCH3 is 1. The van der Waals surface area contributed by atoms with Gasteiger partial charge in [0.25, 0.3) is 0 Å². The minimum atomic E-state index is 0.605. The summed E-state index contributed by atoms with van der Waals surface area (Å²) in [7, 11) is 1.67. The van der Waals surface area contributed by atoms with E-state index in [0.29, 0.717) is 10.1 Å². The van der Waals surface area contributed by atoms with Crippen LogP contribution in [0.1, 0.15) is 12.0 Å². The fourth-order valence-corrected chi connectivity index (χ4v) is 3.00. The molecular weight excluding hydrogens is 315 g/mol. The highest BCUT2D eigenvalue weighted by Crippen LogP contribution is 2.39. The molecule has 3 rings (SSSR count). The van der Waals surface area contributed by atoms with Crippen LogP contribution in [0.5, 0.6) is 5.75 Å². The molecule has 1 aliphatic rings. The number of benzene rings is 2. The molecule has 0 unspecified atom stereocenters. The van der Waals surface area contributed by atoms with Crippen molar-refractivity contribution < 1.29 is 4.74 Å². The van der Waals surface area contributed by atoms with Crippen molar-refractivity contribution >= 4 is 28.8 Å². The summed E-state index contributed by atoms with van der Waals surface area (Å²) in [5.74, 6) is 0.841. The van der Waals surface area contributed by atoms with Crippen LogP contribution in [0.15, 0.2) is 64.7 Å². The zero-order valence-electron chi connectivity index (χ0n) is 12.1. The van der Waals surface area contributed by atoms with Gasteiger partial charge in [-0.2, -0.15) is 0 Å². The zero-order valence-corrected chi connectivity index (χ0v) is 13.7. The van der Waals surface area contributed by atoms with Crippen LogP contribution in [0.25, 0.3) is 16.7 Å². The highest BCUT2D eigenvalue weighted by molar-refractivity contribution is 6.46. The molecule has 1 aliphatic carbocycles. The molecule has 1 nitrogen and oxygen atoms in total. The molecule has 0 amide bonds. The van der Waals surface area contributed by atoms with Crippen LogP contribution < -0.4 is 4.74 Å². The Bertz CT molecular complexity index is 742. The van der Waals surface area contributed by atoms with Gasteiger partial charge < -0.3 is 4.74 Å². The lowest BCUT2D eigenvalue weighted by molar-refractivity contribution is 0.415. The summed E-state index contributed by atoms with van der Waals surface area (Å²) in [5.41, 5.74) is 4.32. The van der Waals surface area contributed by atoms with Crippen LogP contribution >= 0.6 is 23.2 Å². The van der Waals surface area contributed by atoms with Crippen molar-refractivity contribution in [2.75, 3.05) is 7.11 Å². The van der Waals surface area contributed by atoms with E-state index in [1.165, 1.54) is 0 Å². The Morgan fingerprint density at radius 2 is 1.59 bits per heavy atom. The lowest BCUT2D eigenvalue weighted by Gasteiger charge is -2.18. The van der Waals surface area contributed by atoms with Crippen LogP contribution in [0, 0.1) is 6.42 Å². The topological polar surface area (TPSA) is 9.23 Å². The van der Waals surface area contributed by atoms with Crippen molar-refractivity contribution in [2.24, 2.45) is 0 Å². The summed E-state index contributed by atoms with van der Waals surface area (Å²) in [4.78, 5) is 0. The number of allylic oxidation sites excluding steroid dienone is 4. The SMILES string of the molecule is COc1ccc(-c2ccccc2C2=C(Cl)C(Cl)=CC[CH]2)cc1. The molecule has 0 spiro atoms. The quantitative estimate of drug-likeness (QED) is 0.666. The van der Waals surface area contributed by atoms with Gasteiger partial charge in [-0.3, -0.25) is 0 Å². The predicted molar refractivity (Wildman–Crippen MR) is 94.1 cm³/mol. The average molecular weight is 330 g/mol. The number of rotatable bonds is 3. The summed E-state index contributed by atoms with van der Waals surface area (Å²) in [6, 6.07) is 16.2. The Balaban J connectivity index is 2.10. The van der Waals surface area contributed by atoms with Crippen LogP contribution in [0.3, 0.4) is 0 Å². The summed E-state index contributed by atoms with van der Waals surface area (Å²) >= 11 is 12.6. The number of ether oxygens (including phenoxy) is 1. The first-order chi connectivity index (χ1) is 10.7. The van der Waals surface area contributed by atoms with E-state index in [-0.39, 0.29) is 0 Å². The maximum absolute atomic E-state index is 6.40. The second kappa shape index (κ2) is 6.60. The standard InChI is InChI=1S/C19H15Cl2O/c1-22-14-11-9-13(10-12-14)15-5-2-3-6-16(15)17-7-4-8-18(20)19(17)21/h2-3,5-12H,4H2,1H3. The number of halogens is 2. The summed E-state index contributed by atoms with van der Waals surface area (Å²) < 4.78 is 5.22. The van der Waals surface area contributed by atoms with Crippen molar-refractivity contribution in [3.63, 3.8) is 0 Å². The normalized spacial score (nSPS) is 14.8. The molecule has 0 bridgehead atoms. The van der Waals surface area contributed by atoms with Crippen molar-refractivity contribution in [2.45, 2.75) is 6.42 Å². The second-order valence-corrected chi connectivity index (χ2v) is 5.78. The largest absolute Gasteiger partial charge is 0.497 e. The fraction of sp³-hybridized carbons (Fsp3) is 0.105. The first-order valence-corrected chi connectivity index (χ1v) is 7.79. The van der Waals surface area contributed by atoms with E-state index in [9.17, 15) is 0 Å². The monoisotopic (exact) mass is 329 g/mol. The first kappa shape index (κ1) is 15.2. The lowest BCUT2D eigenvalue weighted by atomic mass is 9.90. The molecule has 1 radical (unpaired) electrons. The van der Waals surface area contributed by atoms with Crippen molar-refractivity contribution in [1.29, 1.82) is 0 Å². The van der Waals surface area contributed by atoms with Gasteiger partial charge >= 0.3 is 0 Å². The highest BCUT2D eigenvalue weighted by atomic mass is 35.5. The second-order valence-electron chi connectivity index (χ2n) is 4.99. The first-order valence-electron chi connectivity index (χ1n) is 7.03. The Hall–Kier alpha value is -1.70. The zero-order chi connectivity index (χ0) is 15.5. The molecule has 22 heavy (non-hydrogen) atoms. The molecular formula is C19H15Cl2O. The summed E-state index contributed by atoms with van der Waals surface area (Å²) in [5, 5.41) is 1.22. The average Bonchev–Trinajstić information content (AvgIpc) is 2.57. The van der Waals surface area contributed by atoms with Crippen LogP contribution in [-0.2, 0) is 0 Å². The van der Waals surface area contributed by atoms with Crippen molar-refractivity contribution in [3.8, 4) is 16.9 Å². The molecule has 0 saturated carbocycles. The molecule has 0 N–H and O–H groups in total. The summed E-state index contributed by atoms with van der Waals surface area (Å²) in [6.07, 6.45) is 4.82. The lowest BCUT2D eigenvalue weighted by Crippen LogP contribution is -1.97. The van der Waals surface area contributed by atoms with E-state index in [0.717, 1.165) is 34.4 Å². The molecule has 111 valence electrons. The number of hydrogen-bond acceptors (Lipinski definition) is 1. The van der Waals surface area contributed by atoms with Crippen LogP contribution in [0.4, 0.5) is 0 Å². The Morgan fingerprint density at radius 3 is 2.27 bits per heavy atom. The van der Waals surface area contributed by atoms with Gasteiger partial charge in [-0.1, -0.05) is 65.7 Å².